The molecule has 0 spiro atoms. The molecule has 0 aliphatic rings. The van der Waals surface area contributed by atoms with E-state index in [0.29, 0.717) is 17.2 Å². The molecule has 15 heavy (non-hydrogen) atoms. The van der Waals surface area contributed by atoms with E-state index in [2.05, 4.69) is 0 Å². The summed E-state index contributed by atoms with van der Waals surface area (Å²) >= 11 is 0. The first-order chi connectivity index (χ1) is 7.27. The van der Waals surface area contributed by atoms with Crippen LogP contribution in [0.3, 0.4) is 0 Å². The van der Waals surface area contributed by atoms with E-state index < -0.39 is 0 Å². The fraction of sp³-hybridized carbons (Fsp3) is 0.167. The van der Waals surface area contributed by atoms with Crippen molar-refractivity contribution in [3.05, 3.63) is 30.3 Å². The third-order valence-corrected chi connectivity index (χ3v) is 2.42. The number of rotatable bonds is 2. The van der Waals surface area contributed by atoms with Crippen molar-refractivity contribution in [1.29, 1.82) is 0 Å². The fourth-order valence-electron chi connectivity index (χ4n) is 1.72. The van der Waals surface area contributed by atoms with Crippen molar-refractivity contribution in [2.45, 2.75) is 0 Å². The predicted octanol–water partition coefficient (Wildman–Crippen LogP) is 2.44. The summed E-state index contributed by atoms with van der Waals surface area (Å²) in [5.74, 6) is 1.39. The lowest BCUT2D eigenvalue weighted by Gasteiger charge is -2.11. The zero-order valence-electron chi connectivity index (χ0n) is 8.78. The second kappa shape index (κ2) is 3.69. The molecule has 0 saturated carbocycles. The van der Waals surface area contributed by atoms with Gasteiger partial charge in [0, 0.05) is 5.69 Å². The smallest absolute Gasteiger partial charge is 0.170 e. The molecule has 2 aromatic rings. The molecular weight excluding hydrogens is 190 g/mol. The Morgan fingerprint density at radius 1 is 1.00 bits per heavy atom. The Kier molecular flexibility index (Phi) is 2.37. The van der Waals surface area contributed by atoms with Crippen LogP contribution in [0.2, 0.25) is 0 Å². The molecule has 0 bridgehead atoms. The minimum Gasteiger partial charge on any atom is -0.493 e. The Balaban J connectivity index is 2.85. The Labute approximate surface area is 88.4 Å². The Morgan fingerprint density at radius 3 is 2.47 bits per heavy atom. The van der Waals surface area contributed by atoms with Gasteiger partial charge in [-0.2, -0.15) is 0 Å². The average molecular weight is 203 g/mol. The third kappa shape index (κ3) is 1.46. The lowest BCUT2D eigenvalue weighted by atomic mass is 10.1. The van der Waals surface area contributed by atoms with Crippen molar-refractivity contribution < 1.29 is 9.47 Å². The normalized spacial score (nSPS) is 10.3. The minimum atomic E-state index is 0.688. The van der Waals surface area contributed by atoms with Gasteiger partial charge in [0.2, 0.25) is 0 Å². The van der Waals surface area contributed by atoms with E-state index in [9.17, 15) is 0 Å². The van der Waals surface area contributed by atoms with Crippen LogP contribution in [0.1, 0.15) is 0 Å². The van der Waals surface area contributed by atoms with E-state index in [-0.39, 0.29) is 0 Å². The van der Waals surface area contributed by atoms with Crippen LogP contribution in [0.15, 0.2) is 30.3 Å². The van der Waals surface area contributed by atoms with E-state index in [1.165, 1.54) is 0 Å². The first-order valence-electron chi connectivity index (χ1n) is 4.67. The van der Waals surface area contributed by atoms with E-state index in [0.717, 1.165) is 10.8 Å². The van der Waals surface area contributed by atoms with Crippen molar-refractivity contribution in [1.82, 2.24) is 0 Å². The second-order valence-electron chi connectivity index (χ2n) is 3.25. The maximum Gasteiger partial charge on any atom is 0.170 e. The van der Waals surface area contributed by atoms with Gasteiger partial charge in [0.05, 0.1) is 19.6 Å². The van der Waals surface area contributed by atoms with Gasteiger partial charge >= 0.3 is 0 Å². The number of fused-ring (bicyclic) bond motifs is 1. The molecule has 0 aromatic heterocycles. The number of methoxy groups -OCH3 is 2. The third-order valence-electron chi connectivity index (χ3n) is 2.42. The van der Waals surface area contributed by atoms with Crippen LogP contribution in [0.25, 0.3) is 10.8 Å². The van der Waals surface area contributed by atoms with Crippen molar-refractivity contribution in [2.75, 3.05) is 20.0 Å². The zero-order chi connectivity index (χ0) is 10.8. The molecule has 3 heteroatoms. The van der Waals surface area contributed by atoms with Crippen LogP contribution in [-0.2, 0) is 0 Å². The van der Waals surface area contributed by atoms with Crippen molar-refractivity contribution in [2.24, 2.45) is 0 Å². The lowest BCUT2D eigenvalue weighted by Crippen LogP contribution is -1.94. The first kappa shape index (κ1) is 9.65. The van der Waals surface area contributed by atoms with E-state index in [1.807, 2.05) is 30.3 Å². The largest absolute Gasteiger partial charge is 0.493 e. The predicted molar refractivity (Wildman–Crippen MR) is 61.5 cm³/mol. The highest BCUT2D eigenvalue weighted by Gasteiger charge is 2.10. The molecule has 0 aliphatic heterocycles. The monoisotopic (exact) mass is 203 g/mol. The van der Waals surface area contributed by atoms with Crippen LogP contribution in [0.4, 0.5) is 5.69 Å². The Bertz CT molecular complexity index is 494. The van der Waals surface area contributed by atoms with Crippen LogP contribution < -0.4 is 15.2 Å². The van der Waals surface area contributed by atoms with Gasteiger partial charge in [-0.1, -0.05) is 18.2 Å². The van der Waals surface area contributed by atoms with E-state index in [1.54, 1.807) is 14.2 Å². The van der Waals surface area contributed by atoms with Gasteiger partial charge in [-0.25, -0.2) is 0 Å². The summed E-state index contributed by atoms with van der Waals surface area (Å²) in [5.41, 5.74) is 6.62. The number of ether oxygens (including phenoxy) is 2. The number of anilines is 1. The van der Waals surface area contributed by atoms with Gasteiger partial charge in [0.15, 0.2) is 11.5 Å². The summed E-state index contributed by atoms with van der Waals surface area (Å²) in [4.78, 5) is 0. The quantitative estimate of drug-likeness (QED) is 0.762. The van der Waals surface area contributed by atoms with E-state index in [4.69, 9.17) is 15.2 Å². The molecule has 0 heterocycles. The Hall–Kier alpha value is -1.90. The molecule has 2 N–H and O–H groups in total. The van der Waals surface area contributed by atoms with Gasteiger partial charge in [-0.15, -0.1) is 0 Å². The summed E-state index contributed by atoms with van der Waals surface area (Å²) in [6.45, 7) is 0. The summed E-state index contributed by atoms with van der Waals surface area (Å²) in [7, 11) is 3.23. The van der Waals surface area contributed by atoms with Gasteiger partial charge < -0.3 is 15.2 Å². The summed E-state index contributed by atoms with van der Waals surface area (Å²) in [6, 6.07) is 9.61. The molecule has 78 valence electrons. The first-order valence-corrected chi connectivity index (χ1v) is 4.67. The van der Waals surface area contributed by atoms with Crippen LogP contribution in [0, 0.1) is 0 Å². The molecule has 3 nitrogen and oxygen atoms in total. The van der Waals surface area contributed by atoms with Crippen molar-refractivity contribution in [3.63, 3.8) is 0 Å². The molecule has 0 unspecified atom stereocenters. The van der Waals surface area contributed by atoms with Gasteiger partial charge in [0.1, 0.15) is 0 Å². The second-order valence-corrected chi connectivity index (χ2v) is 3.25. The molecule has 0 fully saturated rings. The summed E-state index contributed by atoms with van der Waals surface area (Å²) in [6.07, 6.45) is 0. The molecule has 2 rings (SSSR count). The summed E-state index contributed by atoms with van der Waals surface area (Å²) in [5, 5.41) is 1.95. The molecule has 0 saturated heterocycles. The summed E-state index contributed by atoms with van der Waals surface area (Å²) < 4.78 is 10.5. The van der Waals surface area contributed by atoms with Gasteiger partial charge in [0.25, 0.3) is 0 Å². The minimum absolute atomic E-state index is 0.688. The number of hydrogen-bond donors (Lipinski definition) is 1. The number of nitrogen functional groups attached to an aromatic ring is 1. The molecule has 0 aliphatic carbocycles. The van der Waals surface area contributed by atoms with Gasteiger partial charge in [-0.05, 0) is 17.5 Å². The molecule has 0 radical (unpaired) electrons. The lowest BCUT2D eigenvalue weighted by molar-refractivity contribution is 0.358. The maximum absolute atomic E-state index is 5.92. The van der Waals surface area contributed by atoms with Crippen LogP contribution in [0.5, 0.6) is 11.5 Å². The molecule has 2 aromatic carbocycles. The highest BCUT2D eigenvalue weighted by molar-refractivity contribution is 5.99. The van der Waals surface area contributed by atoms with Crippen LogP contribution in [-0.4, -0.2) is 14.2 Å². The molecule has 0 amide bonds. The molecule has 0 atom stereocenters. The maximum atomic E-state index is 5.92. The Morgan fingerprint density at radius 2 is 1.80 bits per heavy atom. The van der Waals surface area contributed by atoms with Crippen LogP contribution >= 0.6 is 0 Å². The van der Waals surface area contributed by atoms with Crippen molar-refractivity contribution in [3.8, 4) is 11.5 Å². The fourth-order valence-corrected chi connectivity index (χ4v) is 1.72. The topological polar surface area (TPSA) is 44.5 Å². The number of nitrogens with two attached hydrogens (primary N) is 1. The van der Waals surface area contributed by atoms with Crippen molar-refractivity contribution >= 4 is 16.5 Å². The van der Waals surface area contributed by atoms with Gasteiger partial charge in [-0.3, -0.25) is 0 Å². The number of benzene rings is 2. The zero-order valence-corrected chi connectivity index (χ0v) is 8.78. The standard InChI is InChI=1S/C12H13NO2/c1-14-10-7-6-8-4-3-5-9(13)11(8)12(10)15-2/h3-7H,13H2,1-2H3. The average Bonchev–Trinajstić information content (AvgIpc) is 2.28. The number of hydrogen-bond acceptors (Lipinski definition) is 3. The SMILES string of the molecule is COc1ccc2cccc(N)c2c1OC. The van der Waals surface area contributed by atoms with E-state index >= 15 is 0 Å². The molecular formula is C12H13NO2. The highest BCUT2D eigenvalue weighted by Crippen LogP contribution is 2.38. The highest BCUT2D eigenvalue weighted by atomic mass is 16.5.